The Labute approximate surface area is 123 Å². The standard InChI is InChI=1S/C18H36.CH/c1-5-8-15(3)12-17-10-7-11-18(14-17)13-16(4)9-6-2;/h15-18H,5-14H2,1-4H3;1H. The summed E-state index contributed by atoms with van der Waals surface area (Å²) < 4.78 is 0. The van der Waals surface area contributed by atoms with Crippen molar-refractivity contribution in [1.82, 2.24) is 0 Å². The largest absolute Gasteiger partial charge is 0.0654 e. The van der Waals surface area contributed by atoms with Crippen LogP contribution in [0.4, 0.5) is 0 Å². The monoisotopic (exact) mass is 265 g/mol. The molecular formula is C19H37. The molecule has 1 rings (SSSR count). The first-order valence-corrected chi connectivity index (χ1v) is 8.65. The van der Waals surface area contributed by atoms with Crippen LogP contribution in [0.5, 0.6) is 0 Å². The lowest BCUT2D eigenvalue weighted by Gasteiger charge is -2.32. The van der Waals surface area contributed by atoms with E-state index in [4.69, 9.17) is 0 Å². The molecule has 1 aliphatic carbocycles. The van der Waals surface area contributed by atoms with Gasteiger partial charge >= 0.3 is 0 Å². The predicted octanol–water partition coefficient (Wildman–Crippen LogP) is 6.65. The average Bonchev–Trinajstić information content (AvgIpc) is 2.29. The maximum absolute atomic E-state index is 2.47. The molecule has 4 atom stereocenters. The van der Waals surface area contributed by atoms with E-state index in [-0.39, 0.29) is 7.43 Å². The van der Waals surface area contributed by atoms with Crippen LogP contribution >= 0.6 is 0 Å². The Bertz CT molecular complexity index is 176. The van der Waals surface area contributed by atoms with E-state index in [1.165, 1.54) is 57.8 Å². The van der Waals surface area contributed by atoms with Gasteiger partial charge < -0.3 is 0 Å². The van der Waals surface area contributed by atoms with Crippen LogP contribution in [0.15, 0.2) is 0 Å². The van der Waals surface area contributed by atoms with Crippen molar-refractivity contribution >= 4 is 0 Å². The van der Waals surface area contributed by atoms with Crippen LogP contribution in [0, 0.1) is 31.1 Å². The molecule has 0 aromatic rings. The van der Waals surface area contributed by atoms with Gasteiger partial charge in [-0.15, -0.1) is 0 Å². The second-order valence-electron chi connectivity index (χ2n) is 7.16. The average molecular weight is 266 g/mol. The van der Waals surface area contributed by atoms with Crippen LogP contribution in [-0.2, 0) is 0 Å². The van der Waals surface area contributed by atoms with Gasteiger partial charge in [-0.2, -0.15) is 0 Å². The molecular weight excluding hydrogens is 228 g/mol. The van der Waals surface area contributed by atoms with Crippen molar-refractivity contribution < 1.29 is 0 Å². The molecule has 19 heavy (non-hydrogen) atoms. The van der Waals surface area contributed by atoms with Crippen LogP contribution < -0.4 is 0 Å². The Morgan fingerprint density at radius 1 is 0.842 bits per heavy atom. The van der Waals surface area contributed by atoms with Crippen molar-refractivity contribution in [3.05, 3.63) is 7.43 Å². The zero-order valence-corrected chi connectivity index (χ0v) is 14.0. The third-order valence-corrected chi connectivity index (χ3v) is 4.93. The van der Waals surface area contributed by atoms with Crippen LogP contribution in [0.25, 0.3) is 0 Å². The summed E-state index contributed by atoms with van der Waals surface area (Å²) in [6.07, 6.45) is 14.7. The van der Waals surface area contributed by atoms with Crippen molar-refractivity contribution in [3.8, 4) is 0 Å². The molecule has 3 radical (unpaired) electrons. The summed E-state index contributed by atoms with van der Waals surface area (Å²) >= 11 is 0. The number of rotatable bonds is 8. The Kier molecular flexibility index (Phi) is 10.7. The number of hydrogen-bond acceptors (Lipinski definition) is 0. The highest BCUT2D eigenvalue weighted by Crippen LogP contribution is 2.37. The lowest BCUT2D eigenvalue weighted by molar-refractivity contribution is 0.200. The molecule has 0 heteroatoms. The maximum atomic E-state index is 2.47. The molecule has 0 bridgehead atoms. The molecule has 1 saturated carbocycles. The minimum absolute atomic E-state index is 0. The topological polar surface area (TPSA) is 0 Å². The summed E-state index contributed by atoms with van der Waals surface area (Å²) in [5.41, 5.74) is 0. The van der Waals surface area contributed by atoms with E-state index in [2.05, 4.69) is 27.7 Å². The van der Waals surface area contributed by atoms with Crippen molar-refractivity contribution in [2.24, 2.45) is 23.7 Å². The summed E-state index contributed by atoms with van der Waals surface area (Å²) in [5, 5.41) is 0. The van der Waals surface area contributed by atoms with Crippen molar-refractivity contribution in [3.63, 3.8) is 0 Å². The molecule has 0 aromatic carbocycles. The van der Waals surface area contributed by atoms with Gasteiger partial charge in [0.2, 0.25) is 0 Å². The zero-order chi connectivity index (χ0) is 13.4. The predicted molar refractivity (Wildman–Crippen MR) is 87.1 cm³/mol. The fourth-order valence-electron chi connectivity index (χ4n) is 4.19. The summed E-state index contributed by atoms with van der Waals surface area (Å²) in [5.74, 6) is 4.04. The van der Waals surface area contributed by atoms with Gasteiger partial charge in [-0.1, -0.05) is 72.6 Å². The van der Waals surface area contributed by atoms with Gasteiger partial charge in [0.15, 0.2) is 0 Å². The van der Waals surface area contributed by atoms with Crippen LogP contribution in [0.3, 0.4) is 0 Å². The zero-order valence-electron chi connectivity index (χ0n) is 14.0. The van der Waals surface area contributed by atoms with Crippen molar-refractivity contribution in [2.45, 2.75) is 91.9 Å². The SMILES string of the molecule is CCCC(C)CC1CCCC(CC(C)CCC)C1.[CH]. The lowest BCUT2D eigenvalue weighted by atomic mass is 9.74. The van der Waals surface area contributed by atoms with Crippen molar-refractivity contribution in [1.29, 1.82) is 0 Å². The van der Waals surface area contributed by atoms with E-state index < -0.39 is 0 Å². The second-order valence-corrected chi connectivity index (χ2v) is 7.16. The van der Waals surface area contributed by atoms with Gasteiger partial charge in [0, 0.05) is 0 Å². The van der Waals surface area contributed by atoms with Crippen LogP contribution in [0.1, 0.15) is 91.9 Å². The molecule has 1 aliphatic rings. The van der Waals surface area contributed by atoms with Gasteiger partial charge in [-0.25, -0.2) is 0 Å². The van der Waals surface area contributed by atoms with Gasteiger partial charge in [-0.05, 0) is 50.4 Å². The van der Waals surface area contributed by atoms with E-state index in [9.17, 15) is 0 Å². The Morgan fingerprint density at radius 2 is 1.26 bits per heavy atom. The van der Waals surface area contributed by atoms with E-state index in [0.717, 1.165) is 23.7 Å². The summed E-state index contributed by atoms with van der Waals surface area (Å²) in [7, 11) is 0. The lowest BCUT2D eigenvalue weighted by Crippen LogP contribution is -2.19. The Balaban J connectivity index is 0.00000324. The maximum Gasteiger partial charge on any atom is -0.0312 e. The minimum Gasteiger partial charge on any atom is -0.0654 e. The van der Waals surface area contributed by atoms with Gasteiger partial charge in [0.05, 0.1) is 0 Å². The van der Waals surface area contributed by atoms with Gasteiger partial charge in [0.1, 0.15) is 0 Å². The first-order chi connectivity index (χ1) is 8.65. The molecule has 1 fully saturated rings. The summed E-state index contributed by atoms with van der Waals surface area (Å²) in [6.45, 7) is 9.58. The fraction of sp³-hybridized carbons (Fsp3) is 0.947. The third-order valence-electron chi connectivity index (χ3n) is 4.93. The normalized spacial score (nSPS) is 26.5. The van der Waals surface area contributed by atoms with Crippen LogP contribution in [0.2, 0.25) is 0 Å². The molecule has 0 amide bonds. The fourth-order valence-corrected chi connectivity index (χ4v) is 4.19. The molecule has 0 aromatic heterocycles. The Hall–Kier alpha value is 0. The van der Waals surface area contributed by atoms with E-state index in [1.54, 1.807) is 6.42 Å². The molecule has 0 aliphatic heterocycles. The van der Waals surface area contributed by atoms with E-state index in [1.807, 2.05) is 0 Å². The molecule has 4 unspecified atom stereocenters. The molecule has 0 spiro atoms. The quantitative estimate of drug-likeness (QED) is 0.461. The molecule has 0 saturated heterocycles. The molecule has 113 valence electrons. The van der Waals surface area contributed by atoms with Crippen LogP contribution in [-0.4, -0.2) is 0 Å². The van der Waals surface area contributed by atoms with E-state index in [0.29, 0.717) is 0 Å². The third kappa shape index (κ3) is 8.00. The Morgan fingerprint density at radius 3 is 1.63 bits per heavy atom. The number of hydrogen-bond donors (Lipinski definition) is 0. The summed E-state index contributed by atoms with van der Waals surface area (Å²) in [4.78, 5) is 0. The molecule has 0 heterocycles. The molecule has 0 N–H and O–H groups in total. The van der Waals surface area contributed by atoms with Gasteiger partial charge in [0.25, 0.3) is 0 Å². The van der Waals surface area contributed by atoms with E-state index >= 15 is 0 Å². The first-order valence-electron chi connectivity index (χ1n) is 8.65. The first kappa shape index (κ1) is 19.0. The molecule has 0 nitrogen and oxygen atoms in total. The second kappa shape index (κ2) is 10.7. The summed E-state index contributed by atoms with van der Waals surface area (Å²) in [6, 6.07) is 0. The van der Waals surface area contributed by atoms with Gasteiger partial charge in [-0.3, -0.25) is 0 Å². The highest BCUT2D eigenvalue weighted by atomic mass is 14.3. The highest BCUT2D eigenvalue weighted by molar-refractivity contribution is 4.76. The smallest absolute Gasteiger partial charge is 0.0312 e. The minimum atomic E-state index is 0. The highest BCUT2D eigenvalue weighted by Gasteiger charge is 2.24. The van der Waals surface area contributed by atoms with Crippen molar-refractivity contribution in [2.75, 3.05) is 0 Å².